The summed E-state index contributed by atoms with van der Waals surface area (Å²) in [5, 5.41) is 2.62. The Hall–Kier alpha value is -3.42. The SMILES string of the molecule is O=C(CN1C(=O)[C@H]2CC=CC[C@H]2C1=O)Nc1ccc(-c2cccc(C(F)(F)F)c2)cc1. The predicted octanol–water partition coefficient (Wildman–Crippen LogP) is 4.26. The molecule has 2 atom stereocenters. The summed E-state index contributed by atoms with van der Waals surface area (Å²) in [6, 6.07) is 11.3. The van der Waals surface area contributed by atoms with Crippen LogP contribution in [0, 0.1) is 11.8 Å². The third-order valence-corrected chi connectivity index (χ3v) is 5.59. The van der Waals surface area contributed by atoms with Crippen molar-refractivity contribution in [1.29, 1.82) is 0 Å². The molecule has 5 nitrogen and oxygen atoms in total. The summed E-state index contributed by atoms with van der Waals surface area (Å²) in [6.07, 6.45) is 0.334. The lowest BCUT2D eigenvalue weighted by molar-refractivity contribution is -0.142. The fraction of sp³-hybridized carbons (Fsp3) is 0.261. The molecule has 1 heterocycles. The molecule has 0 saturated carbocycles. The monoisotopic (exact) mass is 428 g/mol. The quantitative estimate of drug-likeness (QED) is 0.585. The average Bonchev–Trinajstić information content (AvgIpc) is 2.99. The fourth-order valence-electron chi connectivity index (χ4n) is 3.99. The number of nitrogens with zero attached hydrogens (tertiary/aromatic N) is 1. The highest BCUT2D eigenvalue weighted by atomic mass is 19.4. The van der Waals surface area contributed by atoms with Crippen molar-refractivity contribution >= 4 is 23.4 Å². The minimum absolute atomic E-state index is 0.325. The number of carbonyl (C=O) groups is 3. The van der Waals surface area contributed by atoms with Crippen molar-refractivity contribution in [3.8, 4) is 11.1 Å². The Morgan fingerprint density at radius 2 is 1.55 bits per heavy atom. The first kappa shape index (κ1) is 20.8. The summed E-state index contributed by atoms with van der Waals surface area (Å²) in [5.74, 6) is -1.95. The Kier molecular flexibility index (Phi) is 5.39. The maximum atomic E-state index is 12.9. The lowest BCUT2D eigenvalue weighted by Gasteiger charge is -2.14. The Morgan fingerprint density at radius 1 is 0.935 bits per heavy atom. The molecule has 8 heteroatoms. The average molecular weight is 428 g/mol. The van der Waals surface area contributed by atoms with E-state index in [1.807, 2.05) is 12.2 Å². The lowest BCUT2D eigenvalue weighted by Crippen LogP contribution is -2.38. The van der Waals surface area contributed by atoms with Crippen LogP contribution in [0.25, 0.3) is 11.1 Å². The number of rotatable bonds is 4. The van der Waals surface area contributed by atoms with Crippen LogP contribution in [0.1, 0.15) is 18.4 Å². The van der Waals surface area contributed by atoms with Gasteiger partial charge in [-0.05, 0) is 48.2 Å². The maximum Gasteiger partial charge on any atom is 0.416 e. The summed E-state index contributed by atoms with van der Waals surface area (Å²) in [4.78, 5) is 38.3. The van der Waals surface area contributed by atoms with Crippen molar-refractivity contribution in [3.05, 3.63) is 66.2 Å². The van der Waals surface area contributed by atoms with E-state index >= 15 is 0 Å². The normalized spacial score (nSPS) is 20.7. The number of allylic oxidation sites excluding steroid dienone is 2. The maximum absolute atomic E-state index is 12.9. The fourth-order valence-corrected chi connectivity index (χ4v) is 3.99. The molecule has 1 N–H and O–H groups in total. The van der Waals surface area contributed by atoms with Gasteiger partial charge in [0.05, 0.1) is 17.4 Å². The third-order valence-electron chi connectivity index (χ3n) is 5.59. The van der Waals surface area contributed by atoms with Crippen LogP contribution in [0.15, 0.2) is 60.7 Å². The molecule has 4 rings (SSSR count). The van der Waals surface area contributed by atoms with Crippen LogP contribution < -0.4 is 5.32 Å². The van der Waals surface area contributed by atoms with Gasteiger partial charge in [-0.25, -0.2) is 0 Å². The highest BCUT2D eigenvalue weighted by molar-refractivity contribution is 6.08. The van der Waals surface area contributed by atoms with E-state index in [0.717, 1.165) is 17.0 Å². The molecule has 2 aromatic carbocycles. The molecular formula is C23H19F3N2O3. The molecule has 1 saturated heterocycles. The van der Waals surface area contributed by atoms with Gasteiger partial charge < -0.3 is 5.32 Å². The zero-order valence-electron chi connectivity index (χ0n) is 16.4. The zero-order chi connectivity index (χ0) is 22.2. The zero-order valence-corrected chi connectivity index (χ0v) is 16.4. The molecule has 31 heavy (non-hydrogen) atoms. The number of fused-ring (bicyclic) bond motifs is 1. The molecule has 2 aromatic rings. The van der Waals surface area contributed by atoms with E-state index < -0.39 is 29.5 Å². The first-order valence-electron chi connectivity index (χ1n) is 9.82. The van der Waals surface area contributed by atoms with Crippen LogP contribution in [0.2, 0.25) is 0 Å². The molecule has 1 aliphatic heterocycles. The lowest BCUT2D eigenvalue weighted by atomic mass is 9.85. The van der Waals surface area contributed by atoms with Crippen LogP contribution in [0.5, 0.6) is 0 Å². The van der Waals surface area contributed by atoms with E-state index in [0.29, 0.717) is 29.7 Å². The van der Waals surface area contributed by atoms with Crippen LogP contribution in [0.4, 0.5) is 18.9 Å². The number of nitrogens with one attached hydrogen (secondary N) is 1. The third kappa shape index (κ3) is 4.23. The van der Waals surface area contributed by atoms with Gasteiger partial charge in [0.1, 0.15) is 6.54 Å². The summed E-state index contributed by atoms with van der Waals surface area (Å²) < 4.78 is 38.7. The van der Waals surface area contributed by atoms with Crippen LogP contribution in [0.3, 0.4) is 0 Å². The first-order valence-corrected chi connectivity index (χ1v) is 9.82. The second-order valence-corrected chi connectivity index (χ2v) is 7.62. The van der Waals surface area contributed by atoms with Gasteiger partial charge in [0.15, 0.2) is 0 Å². The Bertz CT molecular complexity index is 1030. The molecule has 0 unspecified atom stereocenters. The second-order valence-electron chi connectivity index (χ2n) is 7.62. The number of anilines is 1. The first-order chi connectivity index (χ1) is 14.7. The standard InChI is InChI=1S/C23H19F3N2O3/c24-23(25,26)16-5-3-4-15(12-16)14-8-10-17(11-9-14)27-20(29)13-28-21(30)18-6-1-2-7-19(18)22(28)31/h1-5,8-12,18-19H,6-7,13H2,(H,27,29)/t18-,19+. The number of imide groups is 1. The van der Waals surface area contributed by atoms with Crippen molar-refractivity contribution in [2.24, 2.45) is 11.8 Å². The molecular weight excluding hydrogens is 409 g/mol. The molecule has 0 bridgehead atoms. The van der Waals surface area contributed by atoms with Crippen LogP contribution >= 0.6 is 0 Å². The van der Waals surface area contributed by atoms with Gasteiger partial charge in [-0.2, -0.15) is 13.2 Å². The van der Waals surface area contributed by atoms with Gasteiger partial charge in [0.2, 0.25) is 17.7 Å². The molecule has 3 amide bonds. The summed E-state index contributed by atoms with van der Waals surface area (Å²) in [5.41, 5.74) is 0.639. The van der Waals surface area contributed by atoms with Crippen LogP contribution in [-0.4, -0.2) is 29.2 Å². The van der Waals surface area contributed by atoms with E-state index in [1.165, 1.54) is 6.07 Å². The second kappa shape index (κ2) is 8.02. The van der Waals surface area contributed by atoms with E-state index in [-0.39, 0.29) is 18.4 Å². The van der Waals surface area contributed by atoms with Gasteiger partial charge in [-0.1, -0.05) is 36.4 Å². The molecule has 2 aliphatic rings. The number of alkyl halides is 3. The topological polar surface area (TPSA) is 66.5 Å². The summed E-state index contributed by atoms with van der Waals surface area (Å²) in [7, 11) is 0. The smallest absolute Gasteiger partial charge is 0.325 e. The van der Waals surface area contributed by atoms with Gasteiger partial charge in [0, 0.05) is 5.69 Å². The largest absolute Gasteiger partial charge is 0.416 e. The van der Waals surface area contributed by atoms with E-state index in [1.54, 1.807) is 30.3 Å². The molecule has 160 valence electrons. The number of hydrogen-bond acceptors (Lipinski definition) is 3. The Balaban J connectivity index is 1.41. The minimum Gasteiger partial charge on any atom is -0.325 e. The molecule has 0 aromatic heterocycles. The number of hydrogen-bond donors (Lipinski definition) is 1. The highest BCUT2D eigenvalue weighted by Crippen LogP contribution is 2.35. The molecule has 1 aliphatic carbocycles. The van der Waals surface area contributed by atoms with E-state index in [4.69, 9.17) is 0 Å². The number of carbonyl (C=O) groups excluding carboxylic acids is 3. The van der Waals surface area contributed by atoms with Crippen molar-refractivity contribution in [2.75, 3.05) is 11.9 Å². The van der Waals surface area contributed by atoms with Gasteiger partial charge in [0.25, 0.3) is 0 Å². The minimum atomic E-state index is -4.43. The predicted molar refractivity (Wildman–Crippen MR) is 108 cm³/mol. The summed E-state index contributed by atoms with van der Waals surface area (Å²) >= 11 is 0. The van der Waals surface area contributed by atoms with Crippen molar-refractivity contribution in [2.45, 2.75) is 19.0 Å². The van der Waals surface area contributed by atoms with Gasteiger partial charge in [-0.3, -0.25) is 19.3 Å². The van der Waals surface area contributed by atoms with E-state index in [9.17, 15) is 27.6 Å². The van der Waals surface area contributed by atoms with Crippen molar-refractivity contribution in [3.63, 3.8) is 0 Å². The molecule has 0 radical (unpaired) electrons. The molecule has 1 fully saturated rings. The van der Waals surface area contributed by atoms with Gasteiger partial charge >= 0.3 is 6.18 Å². The van der Waals surface area contributed by atoms with Crippen molar-refractivity contribution < 1.29 is 27.6 Å². The number of likely N-dealkylation sites (tertiary alicyclic amines) is 1. The highest BCUT2D eigenvalue weighted by Gasteiger charge is 2.47. The summed E-state index contributed by atoms with van der Waals surface area (Å²) in [6.45, 7) is -0.361. The Labute approximate surface area is 176 Å². The Morgan fingerprint density at radius 3 is 2.13 bits per heavy atom. The number of amides is 3. The number of halogens is 3. The van der Waals surface area contributed by atoms with Crippen LogP contribution in [-0.2, 0) is 20.6 Å². The molecule has 0 spiro atoms. The van der Waals surface area contributed by atoms with Gasteiger partial charge in [-0.15, -0.1) is 0 Å². The number of benzene rings is 2. The van der Waals surface area contributed by atoms with E-state index in [2.05, 4.69) is 5.32 Å². The van der Waals surface area contributed by atoms with Crippen molar-refractivity contribution in [1.82, 2.24) is 4.90 Å².